The molecular weight excluding hydrogens is 323 g/mol. The highest BCUT2D eigenvalue weighted by Gasteiger charge is 2.26. The number of hydrogen-bond acceptors (Lipinski definition) is 2. The summed E-state index contributed by atoms with van der Waals surface area (Å²) in [7, 11) is 0. The van der Waals surface area contributed by atoms with Crippen molar-refractivity contribution < 1.29 is 19.1 Å². The lowest BCUT2D eigenvalue weighted by Gasteiger charge is -2.26. The summed E-state index contributed by atoms with van der Waals surface area (Å²) >= 11 is 5.92. The molecule has 0 heterocycles. The molecule has 1 aromatic carbocycles. The number of aliphatic carboxylic acids is 1. The molecular formula is C16H20ClFN2O3. The van der Waals surface area contributed by atoms with Crippen LogP contribution in [0.2, 0.25) is 5.02 Å². The fourth-order valence-electron chi connectivity index (χ4n) is 2.76. The quantitative estimate of drug-likeness (QED) is 0.769. The Bertz CT molecular complexity index is 574. The maximum Gasteiger partial charge on any atom is 0.315 e. The summed E-state index contributed by atoms with van der Waals surface area (Å²) in [5.41, 5.74) is 0.773. The van der Waals surface area contributed by atoms with Gasteiger partial charge in [-0.2, -0.15) is 0 Å². The summed E-state index contributed by atoms with van der Waals surface area (Å²) in [6.07, 6.45) is 3.04. The number of nitrogens with one attached hydrogen (secondary N) is 2. The molecule has 1 fully saturated rings. The normalized spacial score (nSPS) is 20.8. The average molecular weight is 343 g/mol. The van der Waals surface area contributed by atoms with E-state index in [0.717, 1.165) is 5.56 Å². The van der Waals surface area contributed by atoms with Gasteiger partial charge in [-0.3, -0.25) is 4.79 Å². The van der Waals surface area contributed by atoms with Crippen molar-refractivity contribution in [2.45, 2.75) is 38.1 Å². The monoisotopic (exact) mass is 342 g/mol. The van der Waals surface area contributed by atoms with Gasteiger partial charge in [-0.25, -0.2) is 9.18 Å². The van der Waals surface area contributed by atoms with Crippen molar-refractivity contribution in [3.05, 3.63) is 34.6 Å². The summed E-state index contributed by atoms with van der Waals surface area (Å²) in [5.74, 6) is -1.44. The van der Waals surface area contributed by atoms with Crippen molar-refractivity contribution in [2.24, 2.45) is 5.92 Å². The van der Waals surface area contributed by atoms with E-state index in [-0.39, 0.29) is 23.8 Å². The molecule has 2 rings (SSSR count). The number of benzene rings is 1. The SMILES string of the molecule is O=C(NCCc1ccc(F)cc1Cl)NC1CCC(C(=O)O)CC1. The lowest BCUT2D eigenvalue weighted by Crippen LogP contribution is -2.44. The fourth-order valence-corrected chi connectivity index (χ4v) is 3.02. The van der Waals surface area contributed by atoms with Crippen molar-refractivity contribution in [1.82, 2.24) is 10.6 Å². The Hall–Kier alpha value is -1.82. The van der Waals surface area contributed by atoms with Crippen LogP contribution >= 0.6 is 11.6 Å². The molecule has 0 bridgehead atoms. The standard InChI is InChI=1S/C16H20ClFN2O3/c17-14-9-12(18)4-1-10(14)7-8-19-16(23)20-13-5-2-11(3-6-13)15(21)22/h1,4,9,11,13H,2-3,5-8H2,(H,21,22)(H2,19,20,23). The highest BCUT2D eigenvalue weighted by molar-refractivity contribution is 6.31. The van der Waals surface area contributed by atoms with Gasteiger partial charge in [0.1, 0.15) is 5.82 Å². The van der Waals surface area contributed by atoms with Crippen molar-refractivity contribution in [3.8, 4) is 0 Å². The van der Waals surface area contributed by atoms with Gasteiger partial charge in [0, 0.05) is 17.6 Å². The Labute approximate surface area is 139 Å². The van der Waals surface area contributed by atoms with E-state index in [9.17, 15) is 14.0 Å². The van der Waals surface area contributed by atoms with E-state index in [1.165, 1.54) is 12.1 Å². The maximum absolute atomic E-state index is 12.9. The minimum atomic E-state index is -0.760. The fraction of sp³-hybridized carbons (Fsp3) is 0.500. The van der Waals surface area contributed by atoms with Crippen molar-refractivity contribution in [3.63, 3.8) is 0 Å². The Morgan fingerprint density at radius 3 is 2.57 bits per heavy atom. The zero-order valence-electron chi connectivity index (χ0n) is 12.6. The van der Waals surface area contributed by atoms with Gasteiger partial charge in [-0.1, -0.05) is 17.7 Å². The topological polar surface area (TPSA) is 78.4 Å². The van der Waals surface area contributed by atoms with Crippen LogP contribution in [-0.2, 0) is 11.2 Å². The molecule has 3 N–H and O–H groups in total. The number of carbonyl (C=O) groups excluding carboxylic acids is 1. The molecule has 126 valence electrons. The number of halogens is 2. The molecule has 5 nitrogen and oxygen atoms in total. The van der Waals surface area contributed by atoms with Gasteiger partial charge in [0.2, 0.25) is 0 Å². The third-order valence-electron chi connectivity index (χ3n) is 4.11. The third kappa shape index (κ3) is 5.39. The van der Waals surface area contributed by atoms with E-state index in [0.29, 0.717) is 43.7 Å². The maximum atomic E-state index is 12.9. The molecule has 0 aliphatic heterocycles. The Kier molecular flexibility index (Phi) is 6.21. The molecule has 0 spiro atoms. The van der Waals surface area contributed by atoms with E-state index in [1.54, 1.807) is 6.07 Å². The van der Waals surface area contributed by atoms with E-state index < -0.39 is 5.97 Å². The van der Waals surface area contributed by atoms with Gasteiger partial charge in [-0.15, -0.1) is 0 Å². The number of carboxylic acids is 1. The van der Waals surface area contributed by atoms with E-state index in [4.69, 9.17) is 16.7 Å². The van der Waals surface area contributed by atoms with Crippen LogP contribution in [0.3, 0.4) is 0 Å². The zero-order chi connectivity index (χ0) is 16.8. The van der Waals surface area contributed by atoms with Gasteiger partial charge in [0.05, 0.1) is 5.92 Å². The number of rotatable bonds is 5. The zero-order valence-corrected chi connectivity index (χ0v) is 13.4. The first-order valence-electron chi connectivity index (χ1n) is 7.67. The molecule has 1 saturated carbocycles. The summed E-state index contributed by atoms with van der Waals surface area (Å²) in [6.45, 7) is 0.391. The van der Waals surface area contributed by atoms with Gasteiger partial charge < -0.3 is 15.7 Å². The lowest BCUT2D eigenvalue weighted by atomic mass is 9.86. The molecule has 23 heavy (non-hydrogen) atoms. The predicted molar refractivity (Wildman–Crippen MR) is 85.0 cm³/mol. The molecule has 2 amide bonds. The second kappa shape index (κ2) is 8.15. The first-order chi connectivity index (χ1) is 11.0. The lowest BCUT2D eigenvalue weighted by molar-refractivity contribution is -0.142. The van der Waals surface area contributed by atoms with Crippen LogP contribution in [-0.4, -0.2) is 29.7 Å². The molecule has 0 radical (unpaired) electrons. The molecule has 0 aromatic heterocycles. The van der Waals surface area contributed by atoms with Crippen molar-refractivity contribution in [1.29, 1.82) is 0 Å². The smallest absolute Gasteiger partial charge is 0.315 e. The summed E-state index contributed by atoms with van der Waals surface area (Å²) in [5, 5.41) is 14.9. The Balaban J connectivity index is 1.68. The molecule has 7 heteroatoms. The minimum absolute atomic E-state index is 0.0139. The highest BCUT2D eigenvalue weighted by Crippen LogP contribution is 2.24. The van der Waals surface area contributed by atoms with Gasteiger partial charge in [-0.05, 0) is 49.8 Å². The summed E-state index contributed by atoms with van der Waals surface area (Å²) in [6, 6.07) is 3.92. The van der Waals surface area contributed by atoms with Gasteiger partial charge in [0.15, 0.2) is 0 Å². The number of urea groups is 1. The van der Waals surface area contributed by atoms with Crippen LogP contribution in [0, 0.1) is 11.7 Å². The molecule has 1 aliphatic rings. The highest BCUT2D eigenvalue weighted by atomic mass is 35.5. The molecule has 1 aliphatic carbocycles. The van der Waals surface area contributed by atoms with Crippen molar-refractivity contribution >= 4 is 23.6 Å². The van der Waals surface area contributed by atoms with E-state index >= 15 is 0 Å². The summed E-state index contributed by atoms with van der Waals surface area (Å²) in [4.78, 5) is 22.7. The Morgan fingerprint density at radius 2 is 1.96 bits per heavy atom. The van der Waals surface area contributed by atoms with Crippen LogP contribution in [0.4, 0.5) is 9.18 Å². The number of carboxylic acid groups (broad SMARTS) is 1. The third-order valence-corrected chi connectivity index (χ3v) is 4.46. The average Bonchev–Trinajstić information content (AvgIpc) is 2.50. The van der Waals surface area contributed by atoms with Gasteiger partial charge in [0.25, 0.3) is 0 Å². The minimum Gasteiger partial charge on any atom is -0.481 e. The Morgan fingerprint density at radius 1 is 1.26 bits per heavy atom. The van der Waals surface area contributed by atoms with Crippen LogP contribution < -0.4 is 10.6 Å². The van der Waals surface area contributed by atoms with Crippen LogP contribution in [0.15, 0.2) is 18.2 Å². The predicted octanol–water partition coefficient (Wildman–Crippen LogP) is 2.96. The largest absolute Gasteiger partial charge is 0.481 e. The van der Waals surface area contributed by atoms with E-state index in [1.807, 2.05) is 0 Å². The van der Waals surface area contributed by atoms with Crippen LogP contribution in [0.25, 0.3) is 0 Å². The van der Waals surface area contributed by atoms with Crippen molar-refractivity contribution in [2.75, 3.05) is 6.54 Å². The molecule has 1 aromatic rings. The number of hydrogen-bond donors (Lipinski definition) is 3. The van der Waals surface area contributed by atoms with Crippen LogP contribution in [0.1, 0.15) is 31.2 Å². The molecule has 0 atom stereocenters. The number of amides is 2. The second-order valence-corrected chi connectivity index (χ2v) is 6.18. The first kappa shape index (κ1) is 17.5. The second-order valence-electron chi connectivity index (χ2n) is 5.77. The number of carbonyl (C=O) groups is 2. The summed E-state index contributed by atoms with van der Waals surface area (Å²) < 4.78 is 12.9. The first-order valence-corrected chi connectivity index (χ1v) is 8.04. The molecule has 0 saturated heterocycles. The molecule has 0 unspecified atom stereocenters. The van der Waals surface area contributed by atoms with Gasteiger partial charge >= 0.3 is 12.0 Å². The van der Waals surface area contributed by atoms with E-state index in [2.05, 4.69) is 10.6 Å². The van der Waals surface area contributed by atoms with Crippen LogP contribution in [0.5, 0.6) is 0 Å².